The Morgan fingerprint density at radius 1 is 1.14 bits per heavy atom. The van der Waals surface area contributed by atoms with Gasteiger partial charge in [0.25, 0.3) is 0 Å². The predicted octanol–water partition coefficient (Wildman–Crippen LogP) is 6.36. The van der Waals surface area contributed by atoms with Crippen LogP contribution in [0.5, 0.6) is 5.75 Å². The summed E-state index contributed by atoms with van der Waals surface area (Å²) in [6, 6.07) is 22.2. The number of nitrogens with one attached hydrogen (secondary N) is 1. The Bertz CT molecular complexity index is 1510. The molecule has 1 aliphatic heterocycles. The van der Waals surface area contributed by atoms with Crippen molar-refractivity contribution in [3.63, 3.8) is 0 Å². The number of hydrogen-bond donors (Lipinski definition) is 2. The molecule has 1 aliphatic rings. The first-order valence-electron chi connectivity index (χ1n) is 11.4. The lowest BCUT2D eigenvalue weighted by molar-refractivity contribution is 0.0695. The molecule has 0 bridgehead atoms. The normalized spacial score (nSPS) is 14.5. The molecule has 0 unspecified atom stereocenters. The zero-order valence-electron chi connectivity index (χ0n) is 20.2. The van der Waals surface area contributed by atoms with Crippen LogP contribution in [0, 0.1) is 11.3 Å². The molecule has 37 heavy (non-hydrogen) atoms. The van der Waals surface area contributed by atoms with E-state index in [1.165, 1.54) is 6.07 Å². The number of ether oxygens (including phenoxy) is 1. The van der Waals surface area contributed by atoms with Crippen molar-refractivity contribution in [3.8, 4) is 22.9 Å². The highest BCUT2D eigenvalue weighted by atomic mass is 35.5. The van der Waals surface area contributed by atoms with Gasteiger partial charge in [-0.25, -0.2) is 9.79 Å². The monoisotopic (exact) mass is 510 g/mol. The van der Waals surface area contributed by atoms with E-state index in [0.717, 1.165) is 16.7 Å². The summed E-state index contributed by atoms with van der Waals surface area (Å²) < 4.78 is 5.76. The molecular weight excluding hydrogens is 488 g/mol. The van der Waals surface area contributed by atoms with Gasteiger partial charge in [0.2, 0.25) is 0 Å². The highest BCUT2D eigenvalue weighted by molar-refractivity contribution is 6.32. The average Bonchev–Trinajstić information content (AvgIpc) is 3.25. The maximum absolute atomic E-state index is 11.6. The topological polar surface area (TPSA) is 107 Å². The van der Waals surface area contributed by atoms with Crippen LogP contribution in [-0.2, 0) is 6.42 Å². The van der Waals surface area contributed by atoms with Crippen LogP contribution in [0.15, 0.2) is 94.0 Å². The third kappa shape index (κ3) is 5.77. The van der Waals surface area contributed by atoms with Gasteiger partial charge < -0.3 is 15.2 Å². The van der Waals surface area contributed by atoms with E-state index in [2.05, 4.69) is 27.9 Å². The Kier molecular flexibility index (Phi) is 7.52. The number of benzene rings is 3. The lowest BCUT2D eigenvalue weighted by Crippen LogP contribution is -2.23. The quantitative estimate of drug-likeness (QED) is 0.401. The first kappa shape index (κ1) is 25.4. The van der Waals surface area contributed by atoms with Crippen molar-refractivity contribution >= 4 is 35.1 Å². The SMILES string of the molecule is C=C1NC(Oc2ccc(CC)c(C(=O)O)c2)=N/C1=N/C(=C(\C)Cl)c1ccc(-c2ccc(C#N)cc2)cc1. The van der Waals surface area contributed by atoms with E-state index in [-0.39, 0.29) is 11.6 Å². The number of allylic oxidation sites excluding steroid dienone is 1. The van der Waals surface area contributed by atoms with Crippen LogP contribution in [0.4, 0.5) is 0 Å². The number of carboxylic acids is 1. The molecule has 4 rings (SSSR count). The van der Waals surface area contributed by atoms with E-state index in [0.29, 0.717) is 45.6 Å². The second-order valence-electron chi connectivity index (χ2n) is 8.18. The number of aliphatic imine (C=N–C) groups is 2. The fourth-order valence-corrected chi connectivity index (χ4v) is 3.91. The maximum Gasteiger partial charge on any atom is 0.336 e. The summed E-state index contributed by atoms with van der Waals surface area (Å²) in [6.45, 7) is 7.59. The van der Waals surface area contributed by atoms with Crippen LogP contribution in [0.1, 0.15) is 40.9 Å². The van der Waals surface area contributed by atoms with Crippen LogP contribution >= 0.6 is 11.6 Å². The van der Waals surface area contributed by atoms with E-state index in [1.807, 2.05) is 43.3 Å². The number of rotatable bonds is 6. The molecular formula is C29H23ClN4O3. The van der Waals surface area contributed by atoms with Crippen molar-refractivity contribution in [1.82, 2.24) is 5.32 Å². The fourth-order valence-electron chi connectivity index (χ4n) is 3.76. The largest absolute Gasteiger partial charge is 0.478 e. The Morgan fingerprint density at radius 2 is 1.78 bits per heavy atom. The number of carboxylic acid groups (broad SMARTS) is 1. The molecule has 0 aromatic heterocycles. The summed E-state index contributed by atoms with van der Waals surface area (Å²) in [6.07, 6.45) is 0.593. The minimum absolute atomic E-state index is 0.132. The molecule has 0 fully saturated rings. The molecule has 8 heteroatoms. The van der Waals surface area contributed by atoms with Crippen molar-refractivity contribution in [2.24, 2.45) is 9.98 Å². The van der Waals surface area contributed by atoms with Gasteiger partial charge >= 0.3 is 12.0 Å². The third-order valence-electron chi connectivity index (χ3n) is 5.69. The Hall–Kier alpha value is -4.67. The number of aryl methyl sites for hydroxylation is 1. The van der Waals surface area contributed by atoms with Gasteiger partial charge in [-0.3, -0.25) is 0 Å². The molecule has 7 nitrogen and oxygen atoms in total. The molecule has 0 saturated heterocycles. The minimum atomic E-state index is -1.02. The molecule has 1 heterocycles. The first-order valence-corrected chi connectivity index (χ1v) is 11.8. The number of aromatic carboxylic acids is 1. The zero-order valence-corrected chi connectivity index (χ0v) is 21.0. The Labute approximate surface area is 219 Å². The van der Waals surface area contributed by atoms with E-state index in [4.69, 9.17) is 21.6 Å². The van der Waals surface area contributed by atoms with Gasteiger partial charge in [-0.15, -0.1) is 0 Å². The van der Waals surface area contributed by atoms with E-state index < -0.39 is 5.97 Å². The van der Waals surface area contributed by atoms with Gasteiger partial charge in [-0.1, -0.05) is 67.6 Å². The van der Waals surface area contributed by atoms with Crippen LogP contribution in [0.25, 0.3) is 16.8 Å². The third-order valence-corrected chi connectivity index (χ3v) is 5.87. The number of halogens is 1. The van der Waals surface area contributed by atoms with Gasteiger partial charge in [0.1, 0.15) is 5.75 Å². The molecule has 2 N–H and O–H groups in total. The second kappa shape index (κ2) is 10.9. The molecule has 0 amide bonds. The fraction of sp³-hybridized carbons (Fsp3) is 0.103. The molecule has 0 spiro atoms. The molecule has 0 aliphatic carbocycles. The smallest absolute Gasteiger partial charge is 0.336 e. The second-order valence-corrected chi connectivity index (χ2v) is 8.75. The van der Waals surface area contributed by atoms with Crippen LogP contribution in [0.3, 0.4) is 0 Å². The highest BCUT2D eigenvalue weighted by Crippen LogP contribution is 2.28. The van der Waals surface area contributed by atoms with Crippen molar-refractivity contribution < 1.29 is 14.6 Å². The van der Waals surface area contributed by atoms with Crippen molar-refractivity contribution in [2.45, 2.75) is 20.3 Å². The van der Waals surface area contributed by atoms with E-state index >= 15 is 0 Å². The van der Waals surface area contributed by atoms with Crippen molar-refractivity contribution in [1.29, 1.82) is 5.26 Å². The number of hydrogen-bond acceptors (Lipinski definition) is 5. The molecule has 3 aromatic carbocycles. The summed E-state index contributed by atoms with van der Waals surface area (Å²) in [5.41, 5.74) is 5.21. The molecule has 0 radical (unpaired) electrons. The number of nitriles is 1. The highest BCUT2D eigenvalue weighted by Gasteiger charge is 2.20. The molecule has 0 atom stereocenters. The maximum atomic E-state index is 11.6. The summed E-state index contributed by atoms with van der Waals surface area (Å²) in [4.78, 5) is 20.6. The van der Waals surface area contributed by atoms with Crippen LogP contribution in [0.2, 0.25) is 0 Å². The van der Waals surface area contributed by atoms with E-state index in [9.17, 15) is 9.90 Å². The van der Waals surface area contributed by atoms with Crippen molar-refractivity contribution in [3.05, 3.63) is 106 Å². The van der Waals surface area contributed by atoms with Gasteiger partial charge in [-0.05, 0) is 54.3 Å². The summed E-state index contributed by atoms with van der Waals surface area (Å²) in [5, 5.41) is 21.9. The van der Waals surface area contributed by atoms with Crippen LogP contribution < -0.4 is 10.1 Å². The molecule has 184 valence electrons. The predicted molar refractivity (Wildman–Crippen MR) is 146 cm³/mol. The standard InChI is InChI=1S/C29H23ClN4O3/c1-4-20-13-14-24(15-25(20)28(35)36)37-29-32-18(3)27(34-29)33-26(17(2)30)23-11-9-22(10-12-23)21-7-5-19(16-31)6-8-21/h5-15H,3-4H2,1-2H3,(H,35,36)(H,32,33,34)/b26-17+. The first-order chi connectivity index (χ1) is 17.8. The van der Waals surface area contributed by atoms with Gasteiger partial charge in [-0.2, -0.15) is 10.3 Å². The molecule has 0 saturated carbocycles. The number of carbonyl (C=O) groups is 1. The van der Waals surface area contributed by atoms with Gasteiger partial charge in [0.05, 0.1) is 28.6 Å². The van der Waals surface area contributed by atoms with Crippen LogP contribution in [-0.4, -0.2) is 22.9 Å². The lowest BCUT2D eigenvalue weighted by Gasteiger charge is -2.08. The average molecular weight is 511 g/mol. The Balaban J connectivity index is 1.58. The summed E-state index contributed by atoms with van der Waals surface area (Å²) in [7, 11) is 0. The van der Waals surface area contributed by atoms with Gasteiger partial charge in [0, 0.05) is 10.6 Å². The van der Waals surface area contributed by atoms with Crippen molar-refractivity contribution in [2.75, 3.05) is 0 Å². The number of amidine groups is 2. The van der Waals surface area contributed by atoms with Gasteiger partial charge in [0.15, 0.2) is 5.84 Å². The minimum Gasteiger partial charge on any atom is -0.478 e. The summed E-state index contributed by atoms with van der Waals surface area (Å²) >= 11 is 6.39. The number of nitrogens with zero attached hydrogens (tertiary/aromatic N) is 3. The van der Waals surface area contributed by atoms with E-state index in [1.54, 1.807) is 31.2 Å². The summed E-state index contributed by atoms with van der Waals surface area (Å²) in [5.74, 6) is -0.393. The molecule has 3 aromatic rings. The zero-order chi connectivity index (χ0) is 26.5. The Morgan fingerprint density at radius 3 is 2.35 bits per heavy atom. The lowest BCUT2D eigenvalue weighted by atomic mass is 10.0.